The molecule has 5 nitrogen and oxygen atoms in total. The Labute approximate surface area is 91.6 Å². The Balaban J connectivity index is 2.89. The minimum absolute atomic E-state index is 0.0741. The summed E-state index contributed by atoms with van der Waals surface area (Å²) in [6.07, 6.45) is 2.24. The number of rotatable bonds is 4. The molecule has 1 heterocycles. The monoisotopic (exact) mass is 228 g/mol. The number of hydrogen-bond donors (Lipinski definition) is 2. The zero-order chi connectivity index (χ0) is 11.4. The Morgan fingerprint density at radius 1 is 1.40 bits per heavy atom. The van der Waals surface area contributed by atoms with E-state index in [0.717, 1.165) is 0 Å². The van der Waals surface area contributed by atoms with Gasteiger partial charge in [0.05, 0.1) is 6.10 Å². The quantitative estimate of drug-likeness (QED) is 0.749. The summed E-state index contributed by atoms with van der Waals surface area (Å²) in [5.74, 6) is -1.11. The average molecular weight is 228 g/mol. The minimum atomic E-state index is -1.11. The van der Waals surface area contributed by atoms with Gasteiger partial charge in [0.15, 0.2) is 5.69 Å². The van der Waals surface area contributed by atoms with Crippen LogP contribution >= 0.6 is 11.8 Å². The lowest BCUT2D eigenvalue weighted by Gasteiger charge is -2.13. The molecule has 0 spiro atoms. The van der Waals surface area contributed by atoms with Crippen LogP contribution < -0.4 is 0 Å². The zero-order valence-electron chi connectivity index (χ0n) is 8.41. The van der Waals surface area contributed by atoms with Gasteiger partial charge in [-0.2, -0.15) is 0 Å². The SMILES string of the molecule is CC(O)C(C)Sc1nccnc1C(=O)O. The Morgan fingerprint density at radius 2 is 2.00 bits per heavy atom. The van der Waals surface area contributed by atoms with Crippen molar-refractivity contribution in [2.24, 2.45) is 0 Å². The number of thioether (sulfide) groups is 1. The maximum atomic E-state index is 10.8. The van der Waals surface area contributed by atoms with E-state index in [9.17, 15) is 9.90 Å². The molecule has 2 N–H and O–H groups in total. The van der Waals surface area contributed by atoms with Gasteiger partial charge >= 0.3 is 5.97 Å². The lowest BCUT2D eigenvalue weighted by Crippen LogP contribution is -2.16. The van der Waals surface area contributed by atoms with E-state index in [-0.39, 0.29) is 10.9 Å². The molecular weight excluding hydrogens is 216 g/mol. The molecule has 0 amide bonds. The fourth-order valence-electron chi connectivity index (χ4n) is 0.833. The molecule has 0 fully saturated rings. The van der Waals surface area contributed by atoms with E-state index >= 15 is 0 Å². The van der Waals surface area contributed by atoms with Crippen LogP contribution in [-0.2, 0) is 0 Å². The van der Waals surface area contributed by atoms with Crippen molar-refractivity contribution >= 4 is 17.7 Å². The fourth-order valence-corrected chi connectivity index (χ4v) is 1.76. The van der Waals surface area contributed by atoms with E-state index in [0.29, 0.717) is 5.03 Å². The second kappa shape index (κ2) is 5.09. The maximum absolute atomic E-state index is 10.8. The van der Waals surface area contributed by atoms with Gasteiger partial charge in [-0.3, -0.25) is 0 Å². The molecule has 0 radical (unpaired) electrons. The van der Waals surface area contributed by atoms with Gasteiger partial charge in [-0.1, -0.05) is 18.7 Å². The smallest absolute Gasteiger partial charge is 0.357 e. The van der Waals surface area contributed by atoms with Crippen molar-refractivity contribution < 1.29 is 15.0 Å². The van der Waals surface area contributed by atoms with Crippen LogP contribution in [0.5, 0.6) is 0 Å². The Bertz CT molecular complexity index is 357. The highest BCUT2D eigenvalue weighted by molar-refractivity contribution is 8.00. The zero-order valence-corrected chi connectivity index (χ0v) is 9.23. The largest absolute Gasteiger partial charge is 0.476 e. The number of aromatic carboxylic acids is 1. The van der Waals surface area contributed by atoms with Crippen LogP contribution in [0, 0.1) is 0 Å². The van der Waals surface area contributed by atoms with Gasteiger partial charge in [-0.15, -0.1) is 0 Å². The summed E-state index contributed by atoms with van der Waals surface area (Å²) in [4.78, 5) is 18.5. The molecular formula is C9H12N2O3S. The van der Waals surface area contributed by atoms with Crippen molar-refractivity contribution in [2.75, 3.05) is 0 Å². The summed E-state index contributed by atoms with van der Waals surface area (Å²) in [5.41, 5.74) is -0.0741. The molecule has 1 rings (SSSR count). The highest BCUT2D eigenvalue weighted by atomic mass is 32.2. The number of carboxylic acid groups (broad SMARTS) is 1. The maximum Gasteiger partial charge on any atom is 0.357 e. The summed E-state index contributed by atoms with van der Waals surface area (Å²) in [6.45, 7) is 3.45. The lowest BCUT2D eigenvalue weighted by molar-refractivity contribution is 0.0685. The molecule has 0 bridgehead atoms. The molecule has 0 aliphatic heterocycles. The van der Waals surface area contributed by atoms with Crippen LogP contribution in [0.3, 0.4) is 0 Å². The molecule has 6 heteroatoms. The summed E-state index contributed by atoms with van der Waals surface area (Å²) in [6, 6.07) is 0. The second-order valence-corrected chi connectivity index (χ2v) is 4.44. The van der Waals surface area contributed by atoms with Crippen molar-refractivity contribution in [1.82, 2.24) is 9.97 Å². The topological polar surface area (TPSA) is 83.3 Å². The van der Waals surface area contributed by atoms with E-state index in [1.54, 1.807) is 13.8 Å². The number of hydrogen-bond acceptors (Lipinski definition) is 5. The lowest BCUT2D eigenvalue weighted by atomic mass is 10.3. The molecule has 0 saturated heterocycles. The van der Waals surface area contributed by atoms with E-state index in [4.69, 9.17) is 5.11 Å². The van der Waals surface area contributed by atoms with Crippen LogP contribution in [0.25, 0.3) is 0 Å². The van der Waals surface area contributed by atoms with Crippen molar-refractivity contribution in [3.05, 3.63) is 18.1 Å². The number of aliphatic hydroxyl groups is 1. The standard InChI is InChI=1S/C9H12N2O3S/c1-5(12)6(2)15-8-7(9(13)14)10-3-4-11-8/h3-6,12H,1-2H3,(H,13,14). The van der Waals surface area contributed by atoms with Gasteiger partial charge in [0.2, 0.25) is 0 Å². The van der Waals surface area contributed by atoms with Crippen molar-refractivity contribution in [3.8, 4) is 0 Å². The third kappa shape index (κ3) is 3.17. The summed E-state index contributed by atoms with van der Waals surface area (Å²) >= 11 is 1.20. The first-order valence-electron chi connectivity index (χ1n) is 4.41. The average Bonchev–Trinajstić information content (AvgIpc) is 2.18. The summed E-state index contributed by atoms with van der Waals surface area (Å²) in [7, 11) is 0. The summed E-state index contributed by atoms with van der Waals surface area (Å²) in [5, 5.41) is 18.3. The van der Waals surface area contributed by atoms with E-state index in [1.165, 1.54) is 24.2 Å². The number of nitrogens with zero attached hydrogens (tertiary/aromatic N) is 2. The number of carbonyl (C=O) groups is 1. The Kier molecular flexibility index (Phi) is 4.05. The number of carboxylic acids is 1. The van der Waals surface area contributed by atoms with E-state index < -0.39 is 12.1 Å². The van der Waals surface area contributed by atoms with Crippen molar-refractivity contribution in [3.63, 3.8) is 0 Å². The molecule has 0 saturated carbocycles. The number of aromatic nitrogens is 2. The molecule has 15 heavy (non-hydrogen) atoms. The molecule has 0 aromatic carbocycles. The van der Waals surface area contributed by atoms with Gasteiger partial charge in [-0.05, 0) is 6.92 Å². The third-order valence-corrected chi connectivity index (χ3v) is 3.13. The molecule has 0 aliphatic carbocycles. The molecule has 0 aliphatic rings. The van der Waals surface area contributed by atoms with Crippen LogP contribution in [0.1, 0.15) is 24.3 Å². The van der Waals surface area contributed by atoms with Crippen LogP contribution in [0.2, 0.25) is 0 Å². The molecule has 82 valence electrons. The molecule has 1 aromatic heterocycles. The number of aliphatic hydroxyl groups excluding tert-OH is 1. The van der Waals surface area contributed by atoms with E-state index in [1.807, 2.05) is 0 Å². The van der Waals surface area contributed by atoms with Gasteiger partial charge in [0.1, 0.15) is 5.03 Å². The van der Waals surface area contributed by atoms with Gasteiger partial charge in [0, 0.05) is 17.6 Å². The van der Waals surface area contributed by atoms with Crippen molar-refractivity contribution in [1.29, 1.82) is 0 Å². The third-order valence-electron chi connectivity index (χ3n) is 1.84. The normalized spacial score (nSPS) is 14.6. The molecule has 2 atom stereocenters. The minimum Gasteiger partial charge on any atom is -0.476 e. The fraction of sp³-hybridized carbons (Fsp3) is 0.444. The van der Waals surface area contributed by atoms with Crippen LogP contribution in [-0.4, -0.2) is 37.5 Å². The van der Waals surface area contributed by atoms with Gasteiger partial charge < -0.3 is 10.2 Å². The van der Waals surface area contributed by atoms with Crippen molar-refractivity contribution in [2.45, 2.75) is 30.2 Å². The Morgan fingerprint density at radius 3 is 2.53 bits per heavy atom. The van der Waals surface area contributed by atoms with E-state index in [2.05, 4.69) is 9.97 Å². The molecule has 2 unspecified atom stereocenters. The highest BCUT2D eigenvalue weighted by Crippen LogP contribution is 2.25. The van der Waals surface area contributed by atoms with Gasteiger partial charge in [0.25, 0.3) is 0 Å². The van der Waals surface area contributed by atoms with Crippen LogP contribution in [0.15, 0.2) is 17.4 Å². The second-order valence-electron chi connectivity index (χ2n) is 3.08. The first-order valence-corrected chi connectivity index (χ1v) is 5.29. The first kappa shape index (κ1) is 11.9. The predicted octanol–water partition coefficient (Wildman–Crippen LogP) is 1.04. The highest BCUT2D eigenvalue weighted by Gasteiger charge is 2.18. The summed E-state index contributed by atoms with van der Waals surface area (Å²) < 4.78 is 0. The predicted molar refractivity (Wildman–Crippen MR) is 56.0 cm³/mol. The van der Waals surface area contributed by atoms with Gasteiger partial charge in [-0.25, -0.2) is 14.8 Å². The Hall–Kier alpha value is -1.14. The molecule has 1 aromatic rings. The first-order chi connectivity index (χ1) is 7.02. The van der Waals surface area contributed by atoms with Crippen LogP contribution in [0.4, 0.5) is 0 Å².